The molecule has 5 heteroatoms. The van der Waals surface area contributed by atoms with Crippen LogP contribution in [0.4, 0.5) is 0 Å². The van der Waals surface area contributed by atoms with E-state index in [-0.39, 0.29) is 19.1 Å². The molecule has 1 aromatic rings. The van der Waals surface area contributed by atoms with Gasteiger partial charge < -0.3 is 15.2 Å². The smallest absolute Gasteiger partial charge is 0.257 e. The molecular weight excluding hydrogens is 322 g/mol. The minimum absolute atomic E-state index is 0.00276. The van der Waals surface area contributed by atoms with Gasteiger partial charge in [0, 0.05) is 13.2 Å². The van der Waals surface area contributed by atoms with Gasteiger partial charge in [0.25, 0.3) is 5.91 Å². The molecule has 112 valence electrons. The maximum atomic E-state index is 11.7. The van der Waals surface area contributed by atoms with E-state index in [2.05, 4.69) is 21.2 Å². The molecule has 1 atom stereocenters. The summed E-state index contributed by atoms with van der Waals surface area (Å²) in [5.41, 5.74) is 1.13. The number of ether oxygens (including phenoxy) is 1. The zero-order valence-corrected chi connectivity index (χ0v) is 13.6. The fourth-order valence-corrected chi connectivity index (χ4v) is 2.42. The molecule has 0 aromatic heterocycles. The second-order valence-corrected chi connectivity index (χ2v) is 5.67. The maximum absolute atomic E-state index is 11.7. The van der Waals surface area contributed by atoms with E-state index in [0.717, 1.165) is 16.5 Å². The molecule has 0 aliphatic carbocycles. The second-order valence-electron chi connectivity index (χ2n) is 4.81. The van der Waals surface area contributed by atoms with Crippen LogP contribution in [0.3, 0.4) is 0 Å². The zero-order valence-electron chi connectivity index (χ0n) is 12.0. The van der Waals surface area contributed by atoms with Crippen molar-refractivity contribution in [2.75, 3.05) is 19.8 Å². The Morgan fingerprint density at radius 2 is 2.25 bits per heavy atom. The van der Waals surface area contributed by atoms with Crippen molar-refractivity contribution in [3.8, 4) is 5.75 Å². The molecule has 1 aromatic carbocycles. The fourth-order valence-electron chi connectivity index (χ4n) is 1.81. The first-order chi connectivity index (χ1) is 9.56. The van der Waals surface area contributed by atoms with Crippen molar-refractivity contribution in [3.63, 3.8) is 0 Å². The lowest BCUT2D eigenvalue weighted by Crippen LogP contribution is -2.33. The summed E-state index contributed by atoms with van der Waals surface area (Å²) in [6.07, 6.45) is 1.65. The third-order valence-electron chi connectivity index (χ3n) is 3.15. The van der Waals surface area contributed by atoms with Crippen molar-refractivity contribution >= 4 is 21.8 Å². The Hall–Kier alpha value is -1.07. The fraction of sp³-hybridized carbons (Fsp3) is 0.533. The van der Waals surface area contributed by atoms with Gasteiger partial charge in [-0.05, 0) is 52.9 Å². The highest BCUT2D eigenvalue weighted by atomic mass is 79.9. The molecule has 2 N–H and O–H groups in total. The molecule has 0 radical (unpaired) electrons. The van der Waals surface area contributed by atoms with Crippen LogP contribution in [0.5, 0.6) is 5.75 Å². The van der Waals surface area contributed by atoms with Gasteiger partial charge in [0.2, 0.25) is 0 Å². The van der Waals surface area contributed by atoms with E-state index >= 15 is 0 Å². The Labute approximate surface area is 128 Å². The molecular formula is C15H22BrNO3. The average Bonchev–Trinajstić information content (AvgIpc) is 2.42. The summed E-state index contributed by atoms with van der Waals surface area (Å²) in [5, 5.41) is 11.7. The van der Waals surface area contributed by atoms with Crippen LogP contribution in [-0.4, -0.2) is 30.8 Å². The van der Waals surface area contributed by atoms with Crippen LogP contribution < -0.4 is 10.1 Å². The third kappa shape index (κ3) is 5.92. The number of hydrogen-bond acceptors (Lipinski definition) is 3. The number of aliphatic hydroxyl groups is 1. The molecule has 0 heterocycles. The van der Waals surface area contributed by atoms with E-state index in [9.17, 15) is 4.79 Å². The first-order valence-electron chi connectivity index (χ1n) is 6.83. The third-order valence-corrected chi connectivity index (χ3v) is 3.77. The molecule has 20 heavy (non-hydrogen) atoms. The van der Waals surface area contributed by atoms with E-state index in [4.69, 9.17) is 9.84 Å². The number of rotatable bonds is 8. The summed E-state index contributed by atoms with van der Waals surface area (Å²) in [4.78, 5) is 11.7. The summed E-state index contributed by atoms with van der Waals surface area (Å²) < 4.78 is 6.32. The van der Waals surface area contributed by atoms with Gasteiger partial charge in [0.1, 0.15) is 5.75 Å². The normalized spacial score (nSPS) is 12.0. The Kier molecular flexibility index (Phi) is 7.62. The van der Waals surface area contributed by atoms with Gasteiger partial charge in [-0.3, -0.25) is 4.79 Å². The number of amides is 1. The first-order valence-corrected chi connectivity index (χ1v) is 7.62. The van der Waals surface area contributed by atoms with Crippen LogP contribution in [0, 0.1) is 12.8 Å². The Morgan fingerprint density at radius 3 is 2.85 bits per heavy atom. The SMILES string of the molecule is CCC(CCO)CNC(=O)COc1ccc(C)cc1Br. The number of hydrogen-bond donors (Lipinski definition) is 2. The highest BCUT2D eigenvalue weighted by Gasteiger charge is 2.09. The summed E-state index contributed by atoms with van der Waals surface area (Å²) >= 11 is 3.41. The van der Waals surface area contributed by atoms with Crippen LogP contribution >= 0.6 is 15.9 Å². The van der Waals surface area contributed by atoms with Crippen LogP contribution in [-0.2, 0) is 4.79 Å². The minimum Gasteiger partial charge on any atom is -0.483 e. The molecule has 0 bridgehead atoms. The predicted molar refractivity (Wildman–Crippen MR) is 82.9 cm³/mol. The molecule has 1 unspecified atom stereocenters. The molecule has 0 aliphatic heterocycles. The number of carbonyl (C=O) groups is 1. The van der Waals surface area contributed by atoms with Crippen molar-refractivity contribution < 1.29 is 14.6 Å². The quantitative estimate of drug-likeness (QED) is 0.762. The molecule has 0 saturated carbocycles. The predicted octanol–water partition coefficient (Wildman–Crippen LogP) is 2.66. The summed E-state index contributed by atoms with van der Waals surface area (Å²) in [5.74, 6) is 0.831. The van der Waals surface area contributed by atoms with Gasteiger partial charge >= 0.3 is 0 Å². The largest absolute Gasteiger partial charge is 0.483 e. The average molecular weight is 344 g/mol. The van der Waals surface area contributed by atoms with Gasteiger partial charge in [-0.2, -0.15) is 0 Å². The zero-order chi connectivity index (χ0) is 15.0. The maximum Gasteiger partial charge on any atom is 0.257 e. The number of benzene rings is 1. The number of carbonyl (C=O) groups excluding carboxylic acids is 1. The van der Waals surface area contributed by atoms with Crippen molar-refractivity contribution in [3.05, 3.63) is 28.2 Å². The topological polar surface area (TPSA) is 58.6 Å². The van der Waals surface area contributed by atoms with Gasteiger partial charge in [0.05, 0.1) is 4.47 Å². The standard InChI is InChI=1S/C15H22BrNO3/c1-3-12(6-7-18)9-17-15(19)10-20-14-5-4-11(2)8-13(14)16/h4-5,8,12,18H,3,6-7,9-10H2,1-2H3,(H,17,19). The van der Waals surface area contributed by atoms with E-state index in [1.54, 1.807) is 0 Å². The van der Waals surface area contributed by atoms with E-state index in [1.807, 2.05) is 32.0 Å². The lowest BCUT2D eigenvalue weighted by molar-refractivity contribution is -0.123. The molecule has 0 fully saturated rings. The first kappa shape index (κ1) is 17.0. The van der Waals surface area contributed by atoms with Crippen LogP contribution in [0.25, 0.3) is 0 Å². The van der Waals surface area contributed by atoms with Crippen molar-refractivity contribution in [2.45, 2.75) is 26.7 Å². The monoisotopic (exact) mass is 343 g/mol. The van der Waals surface area contributed by atoms with Gasteiger partial charge in [-0.25, -0.2) is 0 Å². The number of aliphatic hydroxyl groups excluding tert-OH is 1. The molecule has 0 spiro atoms. The highest BCUT2D eigenvalue weighted by Crippen LogP contribution is 2.25. The summed E-state index contributed by atoms with van der Waals surface area (Å²) in [6.45, 7) is 4.77. The number of halogens is 1. The molecule has 0 saturated heterocycles. The van der Waals surface area contributed by atoms with Crippen LogP contribution in [0.2, 0.25) is 0 Å². The van der Waals surface area contributed by atoms with Gasteiger partial charge in [0.15, 0.2) is 6.61 Å². The Balaban J connectivity index is 2.36. The lowest BCUT2D eigenvalue weighted by Gasteiger charge is -2.14. The van der Waals surface area contributed by atoms with Crippen molar-refractivity contribution in [1.29, 1.82) is 0 Å². The van der Waals surface area contributed by atoms with Crippen molar-refractivity contribution in [1.82, 2.24) is 5.32 Å². The van der Waals surface area contributed by atoms with Crippen LogP contribution in [0.1, 0.15) is 25.3 Å². The highest BCUT2D eigenvalue weighted by molar-refractivity contribution is 9.10. The Morgan fingerprint density at radius 1 is 1.50 bits per heavy atom. The number of nitrogens with one attached hydrogen (secondary N) is 1. The summed E-state index contributed by atoms with van der Waals surface area (Å²) in [6, 6.07) is 5.72. The Bertz CT molecular complexity index is 437. The van der Waals surface area contributed by atoms with Gasteiger partial charge in [-0.1, -0.05) is 19.4 Å². The minimum atomic E-state index is -0.145. The van der Waals surface area contributed by atoms with E-state index < -0.39 is 0 Å². The van der Waals surface area contributed by atoms with Gasteiger partial charge in [-0.15, -0.1) is 0 Å². The van der Waals surface area contributed by atoms with E-state index in [1.165, 1.54) is 0 Å². The van der Waals surface area contributed by atoms with Crippen molar-refractivity contribution in [2.24, 2.45) is 5.92 Å². The molecule has 1 amide bonds. The van der Waals surface area contributed by atoms with Crippen LogP contribution in [0.15, 0.2) is 22.7 Å². The van der Waals surface area contributed by atoms with E-state index in [0.29, 0.717) is 24.6 Å². The summed E-state index contributed by atoms with van der Waals surface area (Å²) in [7, 11) is 0. The number of aryl methyl sites for hydroxylation is 1. The molecule has 1 rings (SSSR count). The molecule has 4 nitrogen and oxygen atoms in total. The second kappa shape index (κ2) is 8.97. The lowest BCUT2D eigenvalue weighted by atomic mass is 10.0. The molecule has 0 aliphatic rings.